The zero-order valence-electron chi connectivity index (χ0n) is 51.7. The predicted octanol–water partition coefficient (Wildman–Crippen LogP) is 23.1. The Morgan fingerprint density at radius 2 is 0.513 bits per heavy atom. The van der Waals surface area contributed by atoms with Crippen LogP contribution in [0.4, 0.5) is 0 Å². The van der Waals surface area contributed by atoms with Crippen molar-refractivity contribution in [3.63, 3.8) is 0 Å². The largest absolute Gasteiger partial charge is 0.462 e. The van der Waals surface area contributed by atoms with Gasteiger partial charge in [0.15, 0.2) is 6.10 Å². The second-order valence-corrected chi connectivity index (χ2v) is 22.3. The van der Waals surface area contributed by atoms with E-state index >= 15 is 0 Å². The van der Waals surface area contributed by atoms with Crippen LogP contribution in [0.25, 0.3) is 0 Å². The standard InChI is InChI=1S/C72H126O6/c1-4-7-10-13-16-19-22-25-28-30-32-33-34-35-36-37-38-39-41-42-44-47-50-53-56-59-62-65-71(74)77-68-69(67-76-70(73)64-61-58-55-52-49-46-27-24-21-18-15-12-9-6-3)78-72(75)66-63-60-57-54-51-48-45-43-40-31-29-26-23-20-17-14-11-8-5-2/h8,11,15,17-18,20,24,26-27,29-30,32,40,43,69H,4-7,9-10,12-14,16,19,21-23,25,28,31,33-39,41-42,44-68H2,1-3H3/b11-8-,18-15-,20-17-,27-24-,29-26-,32-30-,43-40-. The molecule has 0 bridgehead atoms. The minimum absolute atomic E-state index is 0.0853. The van der Waals surface area contributed by atoms with Gasteiger partial charge in [0.05, 0.1) is 0 Å². The van der Waals surface area contributed by atoms with Crippen LogP contribution in [0.15, 0.2) is 85.1 Å². The van der Waals surface area contributed by atoms with Crippen LogP contribution in [0.5, 0.6) is 0 Å². The lowest BCUT2D eigenvalue weighted by atomic mass is 10.0. The van der Waals surface area contributed by atoms with Crippen LogP contribution in [0.1, 0.15) is 335 Å². The third kappa shape index (κ3) is 63.4. The summed E-state index contributed by atoms with van der Waals surface area (Å²) in [6.45, 7) is 6.50. The Kier molecular flexibility index (Phi) is 63.2. The molecule has 0 rings (SSSR count). The molecular formula is C72H126O6. The van der Waals surface area contributed by atoms with E-state index in [-0.39, 0.29) is 31.1 Å². The van der Waals surface area contributed by atoms with E-state index in [4.69, 9.17) is 14.2 Å². The molecule has 0 radical (unpaired) electrons. The van der Waals surface area contributed by atoms with Crippen LogP contribution in [-0.2, 0) is 28.6 Å². The van der Waals surface area contributed by atoms with E-state index in [1.165, 1.54) is 173 Å². The van der Waals surface area contributed by atoms with Crippen LogP contribution in [-0.4, -0.2) is 37.2 Å². The van der Waals surface area contributed by atoms with Crippen LogP contribution in [0.2, 0.25) is 0 Å². The van der Waals surface area contributed by atoms with E-state index in [1.54, 1.807) is 0 Å². The SMILES string of the molecule is CC/C=C\C/C=C\C/C=C\C/C=C\CCCCCCCCC(=O)OC(COC(=O)CCCCCCC/C=C\C/C=C\CCCC)COC(=O)CCCCCCCCCCCCCCCCC/C=C\CCCCCCCCCC. The number of hydrogen-bond donors (Lipinski definition) is 0. The molecule has 1 atom stereocenters. The molecule has 0 aromatic rings. The Balaban J connectivity index is 4.29. The normalized spacial score (nSPS) is 12.6. The number of carbonyl (C=O) groups is 3. The van der Waals surface area contributed by atoms with Gasteiger partial charge >= 0.3 is 17.9 Å². The number of allylic oxidation sites excluding steroid dienone is 14. The smallest absolute Gasteiger partial charge is 0.306 e. The van der Waals surface area contributed by atoms with Crippen molar-refractivity contribution in [2.24, 2.45) is 0 Å². The molecule has 0 fully saturated rings. The van der Waals surface area contributed by atoms with Gasteiger partial charge in [-0.1, -0.05) is 292 Å². The van der Waals surface area contributed by atoms with E-state index < -0.39 is 6.10 Å². The molecule has 0 aromatic carbocycles. The third-order valence-electron chi connectivity index (χ3n) is 14.6. The summed E-state index contributed by atoms with van der Waals surface area (Å²) >= 11 is 0. The molecule has 0 aliphatic heterocycles. The molecular weight excluding hydrogens is 961 g/mol. The van der Waals surface area contributed by atoms with Crippen molar-refractivity contribution in [3.8, 4) is 0 Å². The van der Waals surface area contributed by atoms with E-state index in [9.17, 15) is 14.4 Å². The summed E-state index contributed by atoms with van der Waals surface area (Å²) in [5.74, 6) is -0.900. The summed E-state index contributed by atoms with van der Waals surface area (Å²) in [5.41, 5.74) is 0. The molecule has 0 amide bonds. The molecule has 0 aromatic heterocycles. The molecule has 0 aliphatic carbocycles. The number of rotatable bonds is 61. The van der Waals surface area contributed by atoms with Crippen LogP contribution < -0.4 is 0 Å². The first-order valence-electron chi connectivity index (χ1n) is 33.6. The van der Waals surface area contributed by atoms with Gasteiger partial charge in [0.25, 0.3) is 0 Å². The van der Waals surface area contributed by atoms with Crippen molar-refractivity contribution in [3.05, 3.63) is 85.1 Å². The molecule has 450 valence electrons. The minimum atomic E-state index is -0.791. The lowest BCUT2D eigenvalue weighted by Gasteiger charge is -2.18. The second-order valence-electron chi connectivity index (χ2n) is 22.3. The highest BCUT2D eigenvalue weighted by Gasteiger charge is 2.19. The summed E-state index contributed by atoms with van der Waals surface area (Å²) in [5, 5.41) is 0. The van der Waals surface area contributed by atoms with Gasteiger partial charge in [-0.2, -0.15) is 0 Å². The summed E-state index contributed by atoms with van der Waals surface area (Å²) in [6.07, 6.45) is 87.4. The third-order valence-corrected chi connectivity index (χ3v) is 14.6. The van der Waals surface area contributed by atoms with Crippen molar-refractivity contribution in [2.45, 2.75) is 341 Å². The van der Waals surface area contributed by atoms with Gasteiger partial charge in [0.1, 0.15) is 13.2 Å². The van der Waals surface area contributed by atoms with Crippen LogP contribution in [0.3, 0.4) is 0 Å². The molecule has 0 N–H and O–H groups in total. The van der Waals surface area contributed by atoms with Crippen LogP contribution in [0, 0.1) is 0 Å². The topological polar surface area (TPSA) is 78.9 Å². The van der Waals surface area contributed by atoms with Gasteiger partial charge in [-0.15, -0.1) is 0 Å². The Hall–Kier alpha value is -3.41. The molecule has 0 heterocycles. The Labute approximate surface area is 484 Å². The fourth-order valence-electron chi connectivity index (χ4n) is 9.57. The molecule has 1 unspecified atom stereocenters. The highest BCUT2D eigenvalue weighted by molar-refractivity contribution is 5.71. The minimum Gasteiger partial charge on any atom is -0.462 e. The average Bonchev–Trinajstić information content (AvgIpc) is 3.44. The predicted molar refractivity (Wildman–Crippen MR) is 339 cm³/mol. The maximum atomic E-state index is 12.9. The van der Waals surface area contributed by atoms with E-state index in [0.717, 1.165) is 122 Å². The molecule has 6 nitrogen and oxygen atoms in total. The van der Waals surface area contributed by atoms with Gasteiger partial charge in [-0.25, -0.2) is 0 Å². The number of carbonyl (C=O) groups excluding carboxylic acids is 3. The van der Waals surface area contributed by atoms with Gasteiger partial charge in [-0.05, 0) is 109 Å². The first-order valence-corrected chi connectivity index (χ1v) is 33.6. The number of hydrogen-bond acceptors (Lipinski definition) is 6. The lowest BCUT2D eigenvalue weighted by Crippen LogP contribution is -2.30. The molecule has 0 saturated heterocycles. The Morgan fingerprint density at radius 1 is 0.269 bits per heavy atom. The van der Waals surface area contributed by atoms with Crippen molar-refractivity contribution in [1.29, 1.82) is 0 Å². The van der Waals surface area contributed by atoms with E-state index in [1.807, 2.05) is 0 Å². The average molecular weight is 1090 g/mol. The Morgan fingerprint density at radius 3 is 0.833 bits per heavy atom. The van der Waals surface area contributed by atoms with E-state index in [2.05, 4.69) is 106 Å². The van der Waals surface area contributed by atoms with Gasteiger partial charge < -0.3 is 14.2 Å². The van der Waals surface area contributed by atoms with Crippen molar-refractivity contribution in [2.75, 3.05) is 13.2 Å². The van der Waals surface area contributed by atoms with Crippen molar-refractivity contribution < 1.29 is 28.6 Å². The monoisotopic (exact) mass is 1090 g/mol. The summed E-state index contributed by atoms with van der Waals surface area (Å²) in [4.78, 5) is 38.4. The Bertz CT molecular complexity index is 1480. The first kappa shape index (κ1) is 74.6. The number of ether oxygens (including phenoxy) is 3. The highest BCUT2D eigenvalue weighted by atomic mass is 16.6. The molecule has 78 heavy (non-hydrogen) atoms. The van der Waals surface area contributed by atoms with Gasteiger partial charge in [-0.3, -0.25) is 14.4 Å². The first-order chi connectivity index (χ1) is 38.5. The summed E-state index contributed by atoms with van der Waals surface area (Å²) < 4.78 is 16.9. The van der Waals surface area contributed by atoms with Gasteiger partial charge in [0, 0.05) is 19.3 Å². The lowest BCUT2D eigenvalue weighted by molar-refractivity contribution is -0.167. The maximum Gasteiger partial charge on any atom is 0.306 e. The highest BCUT2D eigenvalue weighted by Crippen LogP contribution is 2.17. The fourth-order valence-corrected chi connectivity index (χ4v) is 9.57. The van der Waals surface area contributed by atoms with Crippen LogP contribution >= 0.6 is 0 Å². The molecule has 0 aliphatic rings. The molecule has 0 spiro atoms. The number of esters is 3. The summed E-state index contributed by atoms with van der Waals surface area (Å²) in [6, 6.07) is 0. The number of unbranched alkanes of at least 4 members (excludes halogenated alkanes) is 36. The van der Waals surface area contributed by atoms with Crippen molar-refractivity contribution >= 4 is 17.9 Å². The summed E-state index contributed by atoms with van der Waals surface area (Å²) in [7, 11) is 0. The molecule has 6 heteroatoms. The van der Waals surface area contributed by atoms with E-state index in [0.29, 0.717) is 19.3 Å². The zero-order valence-corrected chi connectivity index (χ0v) is 51.7. The maximum absolute atomic E-state index is 12.9. The quantitative estimate of drug-likeness (QED) is 0.0261. The fraction of sp³-hybridized carbons (Fsp3) is 0.764. The zero-order chi connectivity index (χ0) is 56.4. The second kappa shape index (κ2) is 66.1. The van der Waals surface area contributed by atoms with Crippen molar-refractivity contribution in [1.82, 2.24) is 0 Å². The van der Waals surface area contributed by atoms with Gasteiger partial charge in [0.2, 0.25) is 0 Å². The molecule has 0 saturated carbocycles.